The second-order valence-electron chi connectivity index (χ2n) is 6.26. The monoisotopic (exact) mass is 367 g/mol. The highest BCUT2D eigenvalue weighted by molar-refractivity contribution is 7.91. The minimum atomic E-state index is -3.35. The first-order chi connectivity index (χ1) is 12.5. The summed E-state index contributed by atoms with van der Waals surface area (Å²) in [5.74, 6) is -0.447. The number of hydrogen-bond donors (Lipinski definition) is 1. The molecular weight excluding hydrogens is 350 g/mol. The van der Waals surface area contributed by atoms with Crippen LogP contribution >= 0.6 is 0 Å². The predicted molar refractivity (Wildman–Crippen MR) is 96.5 cm³/mol. The van der Waals surface area contributed by atoms with Crippen molar-refractivity contribution < 1.29 is 13.2 Å². The third-order valence-corrected chi connectivity index (χ3v) is 6.22. The summed E-state index contributed by atoms with van der Waals surface area (Å²) in [6.45, 7) is 0.564. The van der Waals surface area contributed by atoms with Crippen molar-refractivity contribution in [1.29, 1.82) is 0 Å². The number of carbonyl (C=O) groups is 1. The molecule has 2 aromatic carbocycles. The fourth-order valence-corrected chi connectivity index (χ4v) is 4.89. The van der Waals surface area contributed by atoms with E-state index in [-0.39, 0.29) is 11.7 Å². The molecule has 0 fully saturated rings. The molecule has 132 valence electrons. The van der Waals surface area contributed by atoms with Gasteiger partial charge in [-0.1, -0.05) is 48.5 Å². The third-order valence-electron chi connectivity index (χ3n) is 4.40. The van der Waals surface area contributed by atoms with Crippen LogP contribution in [0.3, 0.4) is 0 Å². The van der Waals surface area contributed by atoms with Crippen LogP contribution in [-0.2, 0) is 16.4 Å². The molecule has 1 unspecified atom stereocenters. The van der Waals surface area contributed by atoms with Crippen molar-refractivity contribution in [3.8, 4) is 0 Å². The zero-order valence-corrected chi connectivity index (χ0v) is 14.7. The second-order valence-corrected chi connectivity index (χ2v) is 8.26. The average molecular weight is 367 g/mol. The number of carbonyl (C=O) groups excluding carboxylic acids is 1. The van der Waals surface area contributed by atoms with Crippen LogP contribution in [0.25, 0.3) is 0 Å². The van der Waals surface area contributed by atoms with Crippen LogP contribution < -0.4 is 5.32 Å². The minimum absolute atomic E-state index is 0.115. The van der Waals surface area contributed by atoms with E-state index in [2.05, 4.69) is 10.4 Å². The first-order valence-electron chi connectivity index (χ1n) is 8.22. The van der Waals surface area contributed by atoms with Crippen molar-refractivity contribution in [3.05, 3.63) is 83.7 Å². The molecule has 1 aromatic heterocycles. The number of fused-ring (bicyclic) bond motifs is 1. The molecule has 1 amide bonds. The molecule has 6 nitrogen and oxygen atoms in total. The highest BCUT2D eigenvalue weighted by atomic mass is 32.2. The van der Waals surface area contributed by atoms with Crippen molar-refractivity contribution in [2.75, 3.05) is 5.75 Å². The van der Waals surface area contributed by atoms with Crippen LogP contribution in [0, 0.1) is 0 Å². The summed E-state index contributed by atoms with van der Waals surface area (Å²) < 4.78 is 26.1. The zero-order valence-electron chi connectivity index (χ0n) is 13.9. The number of amides is 1. The van der Waals surface area contributed by atoms with Gasteiger partial charge in [0.2, 0.25) is 0 Å². The van der Waals surface area contributed by atoms with Crippen LogP contribution in [0.1, 0.15) is 27.5 Å². The molecule has 0 saturated carbocycles. The number of sulfone groups is 1. The number of benzene rings is 2. The van der Waals surface area contributed by atoms with Crippen LogP contribution in [0.2, 0.25) is 0 Å². The van der Waals surface area contributed by atoms with Crippen molar-refractivity contribution in [1.82, 2.24) is 15.1 Å². The van der Waals surface area contributed by atoms with E-state index in [4.69, 9.17) is 0 Å². The highest BCUT2D eigenvalue weighted by Gasteiger charge is 2.35. The maximum atomic E-state index is 12.5. The van der Waals surface area contributed by atoms with Gasteiger partial charge in [-0.05, 0) is 17.2 Å². The average Bonchev–Trinajstić information content (AvgIpc) is 3.19. The van der Waals surface area contributed by atoms with E-state index in [1.54, 1.807) is 35.1 Å². The largest absolute Gasteiger partial charge is 0.344 e. The summed E-state index contributed by atoms with van der Waals surface area (Å²) in [6.07, 6.45) is 3.16. The van der Waals surface area contributed by atoms with Gasteiger partial charge in [-0.25, -0.2) is 8.42 Å². The van der Waals surface area contributed by atoms with Gasteiger partial charge in [0.05, 0.1) is 35.0 Å². The van der Waals surface area contributed by atoms with Crippen LogP contribution in [-0.4, -0.2) is 29.9 Å². The van der Waals surface area contributed by atoms with Crippen molar-refractivity contribution in [3.63, 3.8) is 0 Å². The molecular formula is C19H17N3O3S. The van der Waals surface area contributed by atoms with Crippen molar-refractivity contribution in [2.45, 2.75) is 17.5 Å². The van der Waals surface area contributed by atoms with E-state index in [0.717, 1.165) is 5.56 Å². The second kappa shape index (κ2) is 6.42. The molecule has 1 atom stereocenters. The summed E-state index contributed by atoms with van der Waals surface area (Å²) in [7, 11) is -3.35. The summed E-state index contributed by atoms with van der Waals surface area (Å²) in [5, 5.41) is 7.03. The van der Waals surface area contributed by atoms with E-state index in [1.165, 1.54) is 6.20 Å². The number of rotatable bonds is 4. The van der Waals surface area contributed by atoms with Gasteiger partial charge in [-0.3, -0.25) is 9.48 Å². The Morgan fingerprint density at radius 1 is 1.12 bits per heavy atom. The Balaban J connectivity index is 1.50. The first-order valence-corrected chi connectivity index (χ1v) is 9.87. The number of nitrogens with one attached hydrogen (secondary N) is 1. The quantitative estimate of drug-likeness (QED) is 0.766. The molecule has 26 heavy (non-hydrogen) atoms. The van der Waals surface area contributed by atoms with Gasteiger partial charge >= 0.3 is 0 Å². The van der Waals surface area contributed by atoms with Crippen LogP contribution in [0.4, 0.5) is 0 Å². The van der Waals surface area contributed by atoms with E-state index < -0.39 is 15.9 Å². The van der Waals surface area contributed by atoms with E-state index in [9.17, 15) is 13.2 Å². The molecule has 3 aromatic rings. The smallest absolute Gasteiger partial charge is 0.254 e. The van der Waals surface area contributed by atoms with Crippen LogP contribution in [0.15, 0.2) is 71.9 Å². The summed E-state index contributed by atoms with van der Waals surface area (Å²) in [4.78, 5) is 12.8. The van der Waals surface area contributed by atoms with Crippen molar-refractivity contribution >= 4 is 15.7 Å². The van der Waals surface area contributed by atoms with Gasteiger partial charge in [0, 0.05) is 6.20 Å². The molecule has 0 spiro atoms. The van der Waals surface area contributed by atoms with Gasteiger partial charge < -0.3 is 5.32 Å². The Hall–Kier alpha value is -2.93. The molecule has 4 rings (SSSR count). The summed E-state index contributed by atoms with van der Waals surface area (Å²) in [5.41, 5.74) is 2.12. The fraction of sp³-hybridized carbons (Fsp3) is 0.158. The molecule has 1 aliphatic heterocycles. The van der Waals surface area contributed by atoms with Gasteiger partial charge in [0.1, 0.15) is 0 Å². The summed E-state index contributed by atoms with van der Waals surface area (Å²) in [6, 6.07) is 16.1. The topological polar surface area (TPSA) is 81.1 Å². The Kier molecular flexibility index (Phi) is 4.08. The van der Waals surface area contributed by atoms with Crippen LogP contribution in [0.5, 0.6) is 0 Å². The van der Waals surface area contributed by atoms with Gasteiger partial charge in [-0.15, -0.1) is 0 Å². The maximum Gasteiger partial charge on any atom is 0.254 e. The Bertz CT molecular complexity index is 1060. The predicted octanol–water partition coefficient (Wildman–Crippen LogP) is 2.19. The summed E-state index contributed by atoms with van der Waals surface area (Å²) >= 11 is 0. The highest BCUT2D eigenvalue weighted by Crippen LogP contribution is 2.33. The van der Waals surface area contributed by atoms with E-state index in [0.29, 0.717) is 22.6 Å². The fourth-order valence-electron chi connectivity index (χ4n) is 3.15. The zero-order chi connectivity index (χ0) is 18.1. The molecule has 1 N–H and O–H groups in total. The molecule has 0 aliphatic carbocycles. The molecule has 2 heterocycles. The maximum absolute atomic E-state index is 12.5. The Morgan fingerprint density at radius 3 is 2.65 bits per heavy atom. The standard InChI is InChI=1S/C19H17N3O3S/c23-19(15-10-20-22(12-15)11-14-6-2-1-3-7-14)21-17-13-26(24,25)18-9-5-4-8-16(17)18/h1-10,12,17H,11,13H2,(H,21,23). The molecule has 0 radical (unpaired) electrons. The Labute approximate surface area is 151 Å². The minimum Gasteiger partial charge on any atom is -0.344 e. The third kappa shape index (κ3) is 3.13. The lowest BCUT2D eigenvalue weighted by Crippen LogP contribution is -2.29. The Morgan fingerprint density at radius 2 is 1.85 bits per heavy atom. The van der Waals surface area contributed by atoms with Gasteiger partial charge in [0.25, 0.3) is 5.91 Å². The van der Waals surface area contributed by atoms with E-state index in [1.807, 2.05) is 30.3 Å². The number of hydrogen-bond acceptors (Lipinski definition) is 4. The van der Waals surface area contributed by atoms with Gasteiger partial charge in [-0.2, -0.15) is 5.10 Å². The first kappa shape index (κ1) is 16.5. The molecule has 1 aliphatic rings. The molecule has 7 heteroatoms. The number of aromatic nitrogens is 2. The lowest BCUT2D eigenvalue weighted by atomic mass is 10.1. The normalized spacial score (nSPS) is 17.6. The van der Waals surface area contributed by atoms with Gasteiger partial charge in [0.15, 0.2) is 9.84 Å². The lowest BCUT2D eigenvalue weighted by Gasteiger charge is -2.11. The van der Waals surface area contributed by atoms with Crippen molar-refractivity contribution in [2.24, 2.45) is 0 Å². The number of nitrogens with zero attached hydrogens (tertiary/aromatic N) is 2. The van der Waals surface area contributed by atoms with E-state index >= 15 is 0 Å². The lowest BCUT2D eigenvalue weighted by molar-refractivity contribution is 0.0940. The molecule has 0 bridgehead atoms. The SMILES string of the molecule is O=C(NC1CS(=O)(=O)c2ccccc21)c1cnn(Cc2ccccc2)c1. The molecule has 0 saturated heterocycles.